The van der Waals surface area contributed by atoms with Crippen molar-refractivity contribution in [3.05, 3.63) is 23.9 Å². The van der Waals surface area contributed by atoms with E-state index >= 15 is 0 Å². The first-order chi connectivity index (χ1) is 6.04. The first-order valence-corrected chi connectivity index (χ1v) is 3.95. The molecule has 1 amide bonds. The highest BCUT2D eigenvalue weighted by Gasteiger charge is 2.24. The molecule has 0 spiro atoms. The Labute approximate surface area is 75.8 Å². The minimum absolute atomic E-state index is 0.214. The van der Waals surface area contributed by atoms with Gasteiger partial charge in [0.15, 0.2) is 0 Å². The molecule has 0 aliphatic carbocycles. The number of halogens is 2. The van der Waals surface area contributed by atoms with E-state index in [0.717, 1.165) is 6.20 Å². The molecular weight excluding hydrogens is 197 g/mol. The molecule has 0 saturated carbocycles. The molecule has 0 aliphatic heterocycles. The van der Waals surface area contributed by atoms with Crippen LogP contribution in [0.5, 0.6) is 0 Å². The van der Waals surface area contributed by atoms with Crippen molar-refractivity contribution in [3.8, 4) is 0 Å². The fraction of sp³-hybridized carbons (Fsp3) is 0.143. The van der Waals surface area contributed by atoms with E-state index in [-0.39, 0.29) is 11.4 Å². The molecule has 70 valence electrons. The maximum absolute atomic E-state index is 12.6. The van der Waals surface area contributed by atoms with Crippen molar-refractivity contribution >= 4 is 21.5 Å². The number of rotatable bonds is 3. The van der Waals surface area contributed by atoms with Gasteiger partial charge in [-0.1, -0.05) is 9.24 Å². The fourth-order valence-electron chi connectivity index (χ4n) is 0.737. The minimum Gasteiger partial charge on any atom is -0.313 e. The zero-order valence-electron chi connectivity index (χ0n) is 6.50. The fourth-order valence-corrected chi connectivity index (χ4v) is 0.908. The summed E-state index contributed by atoms with van der Waals surface area (Å²) in [6.45, 7) is 0. The molecule has 1 atom stereocenters. The van der Waals surface area contributed by atoms with Gasteiger partial charge in [-0.3, -0.25) is 4.79 Å². The maximum Gasteiger partial charge on any atom is 0.285 e. The number of alkyl halides is 2. The number of hydrogen-bond donors (Lipinski definition) is 1. The van der Waals surface area contributed by atoms with Crippen LogP contribution in [0.4, 0.5) is 14.6 Å². The highest BCUT2D eigenvalue weighted by molar-refractivity contribution is 7.17. The Kier molecular flexibility index (Phi) is 2.88. The SMILES string of the molecule is O=CNc1ccc(C(F)(F)P)cn1. The van der Waals surface area contributed by atoms with Gasteiger partial charge >= 0.3 is 0 Å². The number of aromatic nitrogens is 1. The molecule has 0 radical (unpaired) electrons. The van der Waals surface area contributed by atoms with Crippen molar-refractivity contribution < 1.29 is 13.6 Å². The van der Waals surface area contributed by atoms with Crippen LogP contribution in [0.15, 0.2) is 18.3 Å². The van der Waals surface area contributed by atoms with Crippen molar-refractivity contribution in [2.75, 3.05) is 5.32 Å². The third-order valence-corrected chi connectivity index (χ3v) is 1.69. The normalized spacial score (nSPS) is 11.0. The van der Waals surface area contributed by atoms with E-state index in [1.165, 1.54) is 21.4 Å². The zero-order valence-corrected chi connectivity index (χ0v) is 7.65. The van der Waals surface area contributed by atoms with Crippen molar-refractivity contribution in [2.45, 2.75) is 5.66 Å². The van der Waals surface area contributed by atoms with E-state index in [1.807, 2.05) is 0 Å². The highest BCUT2D eigenvalue weighted by atomic mass is 31.0. The van der Waals surface area contributed by atoms with Gasteiger partial charge in [-0.05, 0) is 12.1 Å². The Hall–Kier alpha value is -1.09. The van der Waals surface area contributed by atoms with Gasteiger partial charge in [0, 0.05) is 11.8 Å². The van der Waals surface area contributed by atoms with Gasteiger partial charge in [0.25, 0.3) is 5.66 Å². The topological polar surface area (TPSA) is 42.0 Å². The Bertz CT molecular complexity index is 296. The second-order valence-electron chi connectivity index (χ2n) is 2.32. The van der Waals surface area contributed by atoms with E-state index in [0.29, 0.717) is 6.41 Å². The molecule has 6 heteroatoms. The van der Waals surface area contributed by atoms with Crippen LogP contribution in [0.3, 0.4) is 0 Å². The minimum atomic E-state index is -2.98. The van der Waals surface area contributed by atoms with Gasteiger partial charge in [-0.15, -0.1) is 0 Å². The molecule has 3 nitrogen and oxygen atoms in total. The molecule has 0 saturated heterocycles. The van der Waals surface area contributed by atoms with Crippen molar-refractivity contribution in [2.24, 2.45) is 0 Å². The Morgan fingerprint density at radius 3 is 2.62 bits per heavy atom. The number of carbonyl (C=O) groups excluding carboxylic acids is 1. The van der Waals surface area contributed by atoms with E-state index < -0.39 is 5.66 Å². The van der Waals surface area contributed by atoms with Gasteiger partial charge in [-0.2, -0.15) is 8.78 Å². The molecule has 0 aliphatic rings. The number of carbonyl (C=O) groups is 1. The summed E-state index contributed by atoms with van der Waals surface area (Å²) in [6.07, 6.45) is 1.44. The lowest BCUT2D eigenvalue weighted by molar-refractivity contribution is -0.105. The highest BCUT2D eigenvalue weighted by Crippen LogP contribution is 2.34. The van der Waals surface area contributed by atoms with Gasteiger partial charge in [0.2, 0.25) is 6.41 Å². The molecular formula is C7H7F2N2OP. The van der Waals surface area contributed by atoms with Crippen LogP contribution in [0, 0.1) is 0 Å². The van der Waals surface area contributed by atoms with Crippen molar-refractivity contribution in [1.29, 1.82) is 0 Å². The summed E-state index contributed by atoms with van der Waals surface area (Å²) >= 11 is 0. The molecule has 0 bridgehead atoms. The molecule has 1 aromatic rings. The van der Waals surface area contributed by atoms with Crippen LogP contribution < -0.4 is 5.32 Å². The van der Waals surface area contributed by atoms with Gasteiger partial charge in [0.05, 0.1) is 0 Å². The van der Waals surface area contributed by atoms with Gasteiger partial charge in [0.1, 0.15) is 5.82 Å². The second-order valence-corrected chi connectivity index (χ2v) is 3.04. The third kappa shape index (κ3) is 2.70. The van der Waals surface area contributed by atoms with Crippen molar-refractivity contribution in [3.63, 3.8) is 0 Å². The quantitative estimate of drug-likeness (QED) is 0.599. The number of pyridine rings is 1. The Morgan fingerprint density at radius 2 is 2.23 bits per heavy atom. The van der Waals surface area contributed by atoms with Crippen molar-refractivity contribution in [1.82, 2.24) is 4.98 Å². The van der Waals surface area contributed by atoms with Crippen LogP contribution in [-0.4, -0.2) is 11.4 Å². The maximum atomic E-state index is 12.6. The Morgan fingerprint density at radius 1 is 1.54 bits per heavy atom. The number of nitrogens with one attached hydrogen (secondary N) is 1. The largest absolute Gasteiger partial charge is 0.313 e. The molecule has 1 unspecified atom stereocenters. The molecule has 1 N–H and O–H groups in total. The van der Waals surface area contributed by atoms with Crippen LogP contribution in [-0.2, 0) is 10.5 Å². The summed E-state index contributed by atoms with van der Waals surface area (Å²) in [5, 5.41) is 2.24. The standard InChI is InChI=1S/C7H7F2N2OP/c8-7(9,13)5-1-2-6(10-3-5)11-4-12/h1-4H,13H2,(H,10,11,12). The monoisotopic (exact) mass is 204 g/mol. The molecule has 13 heavy (non-hydrogen) atoms. The first kappa shape index (κ1) is 9.99. The summed E-state index contributed by atoms with van der Waals surface area (Å²) in [6, 6.07) is 2.51. The lowest BCUT2D eigenvalue weighted by Crippen LogP contribution is -2.04. The predicted molar refractivity (Wildman–Crippen MR) is 47.5 cm³/mol. The number of nitrogens with zero attached hydrogens (tertiary/aromatic N) is 1. The smallest absolute Gasteiger partial charge is 0.285 e. The van der Waals surface area contributed by atoms with E-state index in [2.05, 4.69) is 10.3 Å². The van der Waals surface area contributed by atoms with Crippen LogP contribution in [0.2, 0.25) is 0 Å². The number of hydrogen-bond acceptors (Lipinski definition) is 2. The summed E-state index contributed by atoms with van der Waals surface area (Å²) in [5.74, 6) is 0.244. The number of amides is 1. The molecule has 1 aromatic heterocycles. The van der Waals surface area contributed by atoms with Gasteiger partial charge < -0.3 is 5.32 Å². The summed E-state index contributed by atoms with van der Waals surface area (Å²) in [7, 11) is 1.41. The first-order valence-electron chi connectivity index (χ1n) is 3.37. The average molecular weight is 204 g/mol. The lowest BCUT2D eigenvalue weighted by Gasteiger charge is -2.09. The molecule has 0 fully saturated rings. The van der Waals surface area contributed by atoms with E-state index in [1.54, 1.807) is 0 Å². The number of anilines is 1. The average Bonchev–Trinajstić information content (AvgIpc) is 2.04. The van der Waals surface area contributed by atoms with Crippen LogP contribution in [0.1, 0.15) is 5.56 Å². The summed E-state index contributed by atoms with van der Waals surface area (Å²) in [5.41, 5.74) is -3.19. The predicted octanol–water partition coefficient (Wildman–Crippen LogP) is 1.57. The third-order valence-electron chi connectivity index (χ3n) is 1.36. The molecule has 1 rings (SSSR count). The van der Waals surface area contributed by atoms with Gasteiger partial charge in [-0.25, -0.2) is 4.98 Å². The van der Waals surface area contributed by atoms with E-state index in [4.69, 9.17) is 0 Å². The van der Waals surface area contributed by atoms with E-state index in [9.17, 15) is 13.6 Å². The summed E-state index contributed by atoms with van der Waals surface area (Å²) in [4.78, 5) is 13.6. The molecule has 0 aromatic carbocycles. The lowest BCUT2D eigenvalue weighted by atomic mass is 10.3. The zero-order chi connectivity index (χ0) is 9.90. The second kappa shape index (κ2) is 3.75. The molecule has 1 heterocycles. The summed E-state index contributed by atoms with van der Waals surface area (Å²) < 4.78 is 25.2. The Balaban J connectivity index is 2.87. The van der Waals surface area contributed by atoms with Crippen LogP contribution >= 0.6 is 9.24 Å². The van der Waals surface area contributed by atoms with Crippen LogP contribution in [0.25, 0.3) is 0 Å².